The van der Waals surface area contributed by atoms with Crippen molar-refractivity contribution < 1.29 is 25.2 Å². The third-order valence-corrected chi connectivity index (χ3v) is 1.95. The van der Waals surface area contributed by atoms with Crippen LogP contribution in [0.1, 0.15) is 0 Å². The Morgan fingerprint density at radius 3 is 2.00 bits per heavy atom. The monoisotopic (exact) mass is 251 g/mol. The fourth-order valence-electron chi connectivity index (χ4n) is 1.12. The van der Waals surface area contributed by atoms with Crippen molar-refractivity contribution in [3.8, 4) is 0 Å². The van der Waals surface area contributed by atoms with Crippen molar-refractivity contribution in [1.29, 1.82) is 0 Å². The molecule has 0 aromatic carbocycles. The molecule has 0 amide bonds. The Kier molecular flexibility index (Phi) is 8.09. The van der Waals surface area contributed by atoms with Crippen molar-refractivity contribution in [2.24, 2.45) is 5.73 Å². The molecular weight excluding hydrogens is 237 g/mol. The second-order valence-electron chi connectivity index (χ2n) is 2.81. The van der Waals surface area contributed by atoms with E-state index in [0.29, 0.717) is 0 Å². The fraction of sp³-hybridized carbons (Fsp3) is 1.00. The molecule has 0 aromatic rings. The van der Waals surface area contributed by atoms with Crippen LogP contribution in [0.3, 0.4) is 0 Å². The molecule has 1 aliphatic heterocycles. The summed E-state index contributed by atoms with van der Waals surface area (Å²) in [4.78, 5) is 0. The van der Waals surface area contributed by atoms with Crippen LogP contribution in [0.4, 0.5) is 0 Å². The Labute approximate surface area is 93.5 Å². The Morgan fingerprint density at radius 2 is 1.57 bits per heavy atom. The van der Waals surface area contributed by atoms with E-state index in [1.54, 1.807) is 0 Å². The molecule has 1 heterocycles. The van der Waals surface area contributed by atoms with Gasteiger partial charge in [0.15, 0.2) is 6.29 Å². The molecule has 1 aliphatic rings. The van der Waals surface area contributed by atoms with Crippen LogP contribution >= 0.6 is 24.8 Å². The first-order valence-electron chi connectivity index (χ1n) is 3.64. The predicted molar refractivity (Wildman–Crippen MR) is 52.5 cm³/mol. The third kappa shape index (κ3) is 3.18. The molecule has 0 saturated carbocycles. The van der Waals surface area contributed by atoms with Gasteiger partial charge in [0, 0.05) is 0 Å². The molecular formula is C6H15Cl2NO5. The van der Waals surface area contributed by atoms with Gasteiger partial charge in [-0.2, -0.15) is 0 Å². The summed E-state index contributed by atoms with van der Waals surface area (Å²) in [6.07, 6.45) is -4.85. The molecule has 0 bridgehead atoms. The molecule has 14 heavy (non-hydrogen) atoms. The number of ether oxygens (including phenoxy) is 1. The van der Waals surface area contributed by atoms with Crippen LogP contribution in [0.15, 0.2) is 0 Å². The van der Waals surface area contributed by atoms with Crippen molar-refractivity contribution in [2.45, 2.75) is 30.6 Å². The normalized spacial score (nSPS) is 42.2. The molecule has 0 aromatic heterocycles. The van der Waals surface area contributed by atoms with E-state index in [1.807, 2.05) is 0 Å². The summed E-state index contributed by atoms with van der Waals surface area (Å²) >= 11 is 0. The lowest BCUT2D eigenvalue weighted by molar-refractivity contribution is -0.248. The lowest BCUT2D eigenvalue weighted by Crippen LogP contribution is -2.61. The van der Waals surface area contributed by atoms with Gasteiger partial charge in [0.05, 0.1) is 12.6 Å². The van der Waals surface area contributed by atoms with Crippen LogP contribution in [-0.2, 0) is 4.74 Å². The van der Waals surface area contributed by atoms with Crippen molar-refractivity contribution in [1.82, 2.24) is 0 Å². The number of aliphatic hydroxyl groups is 4. The molecule has 0 spiro atoms. The summed E-state index contributed by atoms with van der Waals surface area (Å²) in [6.45, 7) is -0.470. The topological polar surface area (TPSA) is 116 Å². The van der Waals surface area contributed by atoms with Gasteiger partial charge in [-0.25, -0.2) is 0 Å². The molecule has 0 aliphatic carbocycles. The maximum absolute atomic E-state index is 9.20. The summed E-state index contributed by atoms with van der Waals surface area (Å²) in [5, 5.41) is 36.1. The Balaban J connectivity index is 0. The summed E-state index contributed by atoms with van der Waals surface area (Å²) < 4.78 is 4.70. The zero-order valence-corrected chi connectivity index (χ0v) is 8.82. The number of halogens is 2. The number of hydrogen-bond donors (Lipinski definition) is 5. The molecule has 5 atom stereocenters. The second-order valence-corrected chi connectivity index (χ2v) is 2.81. The summed E-state index contributed by atoms with van der Waals surface area (Å²) in [5.74, 6) is 0. The van der Waals surface area contributed by atoms with E-state index in [1.165, 1.54) is 0 Å². The largest absolute Gasteiger partial charge is 0.394 e. The molecule has 1 rings (SSSR count). The zero-order chi connectivity index (χ0) is 9.30. The summed E-state index contributed by atoms with van der Waals surface area (Å²) in [7, 11) is 0. The molecule has 0 radical (unpaired) electrons. The fourth-order valence-corrected chi connectivity index (χ4v) is 1.12. The van der Waals surface area contributed by atoms with Gasteiger partial charge in [0.2, 0.25) is 0 Å². The van der Waals surface area contributed by atoms with Gasteiger partial charge in [-0.1, -0.05) is 0 Å². The van der Waals surface area contributed by atoms with Gasteiger partial charge >= 0.3 is 0 Å². The van der Waals surface area contributed by atoms with E-state index in [2.05, 4.69) is 0 Å². The molecule has 6 N–H and O–H groups in total. The van der Waals surface area contributed by atoms with Gasteiger partial charge in [-0.3, -0.25) is 0 Å². The standard InChI is InChI=1S/C6H13NO5.2ClH/c7-3-5(10)4(9)2(1-8)12-6(3)11;;/h2-6,8-11H,1,7H2;2*1H/t2-,3-,4-,5-,6?;;/m1../s1. The maximum Gasteiger partial charge on any atom is 0.173 e. The first kappa shape index (κ1) is 16.8. The average Bonchev–Trinajstić information content (AvgIpc) is 2.08. The highest BCUT2D eigenvalue weighted by Gasteiger charge is 2.41. The number of rotatable bonds is 1. The average molecular weight is 252 g/mol. The van der Waals surface area contributed by atoms with E-state index < -0.39 is 37.3 Å². The number of nitrogens with two attached hydrogens (primary N) is 1. The zero-order valence-electron chi connectivity index (χ0n) is 7.18. The minimum atomic E-state index is -1.35. The minimum absolute atomic E-state index is 0. The van der Waals surface area contributed by atoms with Gasteiger partial charge in [0.25, 0.3) is 0 Å². The Hall–Kier alpha value is 0.340. The van der Waals surface area contributed by atoms with Crippen molar-refractivity contribution in [3.05, 3.63) is 0 Å². The molecule has 6 nitrogen and oxygen atoms in total. The van der Waals surface area contributed by atoms with Crippen LogP contribution in [0.2, 0.25) is 0 Å². The predicted octanol–water partition coefficient (Wildman–Crippen LogP) is -2.41. The van der Waals surface area contributed by atoms with Crippen LogP contribution in [-0.4, -0.2) is 57.7 Å². The van der Waals surface area contributed by atoms with Crippen LogP contribution in [0, 0.1) is 0 Å². The van der Waals surface area contributed by atoms with Crippen LogP contribution in [0.25, 0.3) is 0 Å². The van der Waals surface area contributed by atoms with Crippen molar-refractivity contribution >= 4 is 24.8 Å². The maximum atomic E-state index is 9.20. The number of aliphatic hydroxyl groups excluding tert-OH is 4. The van der Waals surface area contributed by atoms with Gasteiger partial charge in [-0.15, -0.1) is 24.8 Å². The molecule has 1 fully saturated rings. The first-order chi connectivity index (χ1) is 5.57. The SMILES string of the molecule is Cl.Cl.N[C@H]1C(O)O[C@H](CO)[C@@H](O)[C@@H]1O. The summed E-state index contributed by atoms with van der Waals surface area (Å²) in [6, 6.07) is -1.04. The lowest BCUT2D eigenvalue weighted by atomic mass is 9.98. The molecule has 1 unspecified atom stereocenters. The highest BCUT2D eigenvalue weighted by Crippen LogP contribution is 2.17. The highest BCUT2D eigenvalue weighted by atomic mass is 35.5. The van der Waals surface area contributed by atoms with E-state index in [0.717, 1.165) is 0 Å². The van der Waals surface area contributed by atoms with Crippen LogP contribution < -0.4 is 5.73 Å². The highest BCUT2D eigenvalue weighted by molar-refractivity contribution is 5.85. The van der Waals surface area contributed by atoms with Crippen LogP contribution in [0.5, 0.6) is 0 Å². The van der Waals surface area contributed by atoms with Crippen molar-refractivity contribution in [3.63, 3.8) is 0 Å². The molecule has 8 heteroatoms. The van der Waals surface area contributed by atoms with Gasteiger partial charge in [0.1, 0.15) is 18.3 Å². The molecule has 1 saturated heterocycles. The third-order valence-electron chi connectivity index (χ3n) is 1.95. The van der Waals surface area contributed by atoms with Gasteiger partial charge < -0.3 is 30.9 Å². The van der Waals surface area contributed by atoms with Gasteiger partial charge in [-0.05, 0) is 0 Å². The Bertz CT molecular complexity index is 158. The summed E-state index contributed by atoms with van der Waals surface area (Å²) in [5.41, 5.74) is 5.26. The minimum Gasteiger partial charge on any atom is -0.394 e. The quantitative estimate of drug-likeness (QED) is 0.355. The first-order valence-corrected chi connectivity index (χ1v) is 3.64. The second kappa shape index (κ2) is 6.76. The van der Waals surface area contributed by atoms with E-state index in [-0.39, 0.29) is 24.8 Å². The number of hydrogen-bond acceptors (Lipinski definition) is 6. The van der Waals surface area contributed by atoms with Crippen molar-refractivity contribution in [2.75, 3.05) is 6.61 Å². The van der Waals surface area contributed by atoms with E-state index in [9.17, 15) is 10.2 Å². The lowest BCUT2D eigenvalue weighted by Gasteiger charge is -2.38. The molecule has 88 valence electrons. The smallest absolute Gasteiger partial charge is 0.173 e. The van der Waals surface area contributed by atoms with E-state index in [4.69, 9.17) is 20.7 Å². The Morgan fingerprint density at radius 1 is 1.07 bits per heavy atom. The van der Waals surface area contributed by atoms with E-state index >= 15 is 0 Å².